The zero-order valence-corrected chi connectivity index (χ0v) is 14.6. The normalized spacial score (nSPS) is 21.0. The van der Waals surface area contributed by atoms with Crippen LogP contribution in [0.3, 0.4) is 0 Å². The number of ether oxygens (including phenoxy) is 2. The van der Waals surface area contributed by atoms with Crippen LogP contribution in [0.15, 0.2) is 48.6 Å². The Kier molecular flexibility index (Phi) is 6.35. The molecule has 1 unspecified atom stereocenters. The fraction of sp³-hybridized carbons (Fsp3) is 0.368. The second kappa shape index (κ2) is 8.27. The molecule has 128 valence electrons. The Morgan fingerprint density at radius 2 is 2.00 bits per heavy atom. The monoisotopic (exact) mass is 348 g/mol. The van der Waals surface area contributed by atoms with Gasteiger partial charge in [0.05, 0.1) is 0 Å². The summed E-state index contributed by atoms with van der Waals surface area (Å²) in [5, 5.41) is -0.724. The summed E-state index contributed by atoms with van der Waals surface area (Å²) in [4.78, 5) is 24.1. The molecule has 5 heteroatoms. The van der Waals surface area contributed by atoms with Gasteiger partial charge in [0.25, 0.3) is 5.24 Å². The van der Waals surface area contributed by atoms with Crippen LogP contribution in [-0.2, 0) is 19.1 Å². The van der Waals surface area contributed by atoms with E-state index >= 15 is 0 Å². The van der Waals surface area contributed by atoms with E-state index in [1.165, 1.54) is 0 Å². The lowest BCUT2D eigenvalue weighted by atomic mass is 9.90. The number of halogens is 1. The molecule has 4 nitrogen and oxygen atoms in total. The molecule has 0 spiro atoms. The first-order chi connectivity index (χ1) is 11.5. The van der Waals surface area contributed by atoms with E-state index in [0.717, 1.165) is 17.6 Å². The largest absolute Gasteiger partial charge is 0.443 e. The Balaban J connectivity index is 2.11. The molecule has 1 aliphatic rings. The van der Waals surface area contributed by atoms with Gasteiger partial charge in [-0.1, -0.05) is 49.4 Å². The maximum Gasteiger partial charge on any atom is 0.336 e. The van der Waals surface area contributed by atoms with Crippen LogP contribution in [0.2, 0.25) is 0 Å². The van der Waals surface area contributed by atoms with Gasteiger partial charge in [0.2, 0.25) is 5.60 Å². The molecule has 2 rings (SSSR count). The van der Waals surface area contributed by atoms with Crippen molar-refractivity contribution in [1.82, 2.24) is 0 Å². The van der Waals surface area contributed by atoms with Crippen LogP contribution in [-0.4, -0.2) is 29.5 Å². The zero-order chi connectivity index (χ0) is 17.6. The second-order valence-corrected chi connectivity index (χ2v) is 6.00. The Hall–Kier alpha value is -1.91. The van der Waals surface area contributed by atoms with Gasteiger partial charge in [0.1, 0.15) is 0 Å². The van der Waals surface area contributed by atoms with E-state index in [-0.39, 0.29) is 6.42 Å². The number of allylic oxidation sites excluding steroid dienone is 2. The minimum atomic E-state index is -1.47. The van der Waals surface area contributed by atoms with Gasteiger partial charge in [0.15, 0.2) is 6.10 Å². The maximum absolute atomic E-state index is 12.2. The third-order valence-electron chi connectivity index (χ3n) is 3.78. The number of rotatable bonds is 7. The van der Waals surface area contributed by atoms with Crippen LogP contribution in [0.4, 0.5) is 0 Å². The van der Waals surface area contributed by atoms with Crippen LogP contribution < -0.4 is 0 Å². The first-order valence-electron chi connectivity index (χ1n) is 7.97. The lowest BCUT2D eigenvalue weighted by molar-refractivity contribution is -0.170. The Bertz CT molecular complexity index is 651. The van der Waals surface area contributed by atoms with Crippen molar-refractivity contribution in [2.45, 2.75) is 38.4 Å². The van der Waals surface area contributed by atoms with Crippen LogP contribution in [0.25, 0.3) is 5.57 Å². The smallest absolute Gasteiger partial charge is 0.336 e. The summed E-state index contributed by atoms with van der Waals surface area (Å²) in [6, 6.07) is 9.75. The van der Waals surface area contributed by atoms with Crippen molar-refractivity contribution in [1.29, 1.82) is 0 Å². The van der Waals surface area contributed by atoms with Crippen molar-refractivity contribution in [3.63, 3.8) is 0 Å². The molecule has 0 saturated carbocycles. The van der Waals surface area contributed by atoms with E-state index in [1.807, 2.05) is 43.3 Å². The fourth-order valence-corrected chi connectivity index (χ4v) is 2.53. The standard InChI is InChI=1S/C19H21ClO4/c1-3-13-23-14(2)17(21)24-19(18(20)22)11-9-16(10-12-19)15-7-5-4-6-8-15/h4-11,14H,3,12-13H2,1-2H3/t14-,19?/m0/s1. The van der Waals surface area contributed by atoms with Gasteiger partial charge < -0.3 is 9.47 Å². The number of esters is 1. The average molecular weight is 349 g/mol. The third-order valence-corrected chi connectivity index (χ3v) is 4.10. The van der Waals surface area contributed by atoms with Gasteiger partial charge in [-0.05, 0) is 42.2 Å². The van der Waals surface area contributed by atoms with Crippen molar-refractivity contribution < 1.29 is 19.1 Å². The molecule has 0 aliphatic heterocycles. The van der Waals surface area contributed by atoms with Gasteiger partial charge >= 0.3 is 5.97 Å². The highest BCUT2D eigenvalue weighted by molar-refractivity contribution is 6.65. The molecule has 24 heavy (non-hydrogen) atoms. The quantitative estimate of drug-likeness (QED) is 0.554. The minimum Gasteiger partial charge on any atom is -0.443 e. The minimum absolute atomic E-state index is 0.197. The first kappa shape index (κ1) is 18.4. The maximum atomic E-state index is 12.2. The molecule has 0 aromatic heterocycles. The Labute approximate surface area is 147 Å². The summed E-state index contributed by atoms with van der Waals surface area (Å²) in [6.45, 7) is 4.00. The highest BCUT2D eigenvalue weighted by Gasteiger charge is 2.40. The number of carbonyl (C=O) groups is 2. The highest BCUT2D eigenvalue weighted by atomic mass is 35.5. The molecule has 0 bridgehead atoms. The van der Waals surface area contributed by atoms with Gasteiger partial charge in [-0.3, -0.25) is 4.79 Å². The molecule has 0 N–H and O–H groups in total. The van der Waals surface area contributed by atoms with Gasteiger partial charge in [0, 0.05) is 13.0 Å². The van der Waals surface area contributed by atoms with E-state index < -0.39 is 22.9 Å². The molecule has 0 fully saturated rings. The van der Waals surface area contributed by atoms with Crippen LogP contribution in [0.1, 0.15) is 32.3 Å². The number of carbonyl (C=O) groups excluding carboxylic acids is 2. The first-order valence-corrected chi connectivity index (χ1v) is 8.35. The molecule has 0 amide bonds. The van der Waals surface area contributed by atoms with E-state index in [2.05, 4.69) is 0 Å². The van der Waals surface area contributed by atoms with E-state index in [4.69, 9.17) is 21.1 Å². The van der Waals surface area contributed by atoms with Crippen molar-refractivity contribution in [2.75, 3.05) is 6.61 Å². The summed E-state index contributed by atoms with van der Waals surface area (Å²) >= 11 is 5.72. The van der Waals surface area contributed by atoms with Crippen molar-refractivity contribution in [2.24, 2.45) is 0 Å². The molecule has 0 radical (unpaired) electrons. The van der Waals surface area contributed by atoms with E-state index in [1.54, 1.807) is 19.1 Å². The Morgan fingerprint density at radius 3 is 2.54 bits per heavy atom. The predicted molar refractivity (Wildman–Crippen MR) is 93.6 cm³/mol. The average Bonchev–Trinajstić information content (AvgIpc) is 2.60. The van der Waals surface area contributed by atoms with Gasteiger partial charge in [-0.25, -0.2) is 4.79 Å². The Morgan fingerprint density at radius 1 is 1.29 bits per heavy atom. The summed E-state index contributed by atoms with van der Waals surface area (Å²) in [6.07, 6.45) is 5.40. The number of hydrogen-bond acceptors (Lipinski definition) is 4. The van der Waals surface area contributed by atoms with Crippen molar-refractivity contribution in [3.05, 3.63) is 54.1 Å². The number of hydrogen-bond donors (Lipinski definition) is 0. The summed E-state index contributed by atoms with van der Waals surface area (Å²) in [7, 11) is 0. The molecule has 2 atom stereocenters. The topological polar surface area (TPSA) is 52.6 Å². The van der Waals surface area contributed by atoms with Crippen LogP contribution in [0, 0.1) is 0 Å². The molecule has 1 aromatic rings. The summed E-state index contributed by atoms with van der Waals surface area (Å²) in [5.74, 6) is -0.598. The second-order valence-electron chi connectivity index (χ2n) is 5.66. The molecular weight excluding hydrogens is 328 g/mol. The summed E-state index contributed by atoms with van der Waals surface area (Å²) < 4.78 is 10.7. The lowest BCUT2D eigenvalue weighted by Gasteiger charge is -2.29. The lowest BCUT2D eigenvalue weighted by Crippen LogP contribution is -2.42. The van der Waals surface area contributed by atoms with Crippen LogP contribution in [0.5, 0.6) is 0 Å². The zero-order valence-electron chi connectivity index (χ0n) is 13.8. The molecular formula is C19H21ClO4. The van der Waals surface area contributed by atoms with Gasteiger partial charge in [-0.15, -0.1) is 0 Å². The molecule has 1 aliphatic carbocycles. The molecule has 0 heterocycles. The van der Waals surface area contributed by atoms with Gasteiger partial charge in [-0.2, -0.15) is 0 Å². The third kappa shape index (κ3) is 4.34. The summed E-state index contributed by atoms with van der Waals surface area (Å²) in [5.41, 5.74) is 0.506. The number of benzene rings is 1. The molecule has 1 aromatic carbocycles. The highest BCUT2D eigenvalue weighted by Crippen LogP contribution is 2.32. The predicted octanol–water partition coefficient (Wildman–Crippen LogP) is 3.89. The van der Waals surface area contributed by atoms with E-state index in [0.29, 0.717) is 6.61 Å². The fourth-order valence-electron chi connectivity index (χ4n) is 2.35. The van der Waals surface area contributed by atoms with E-state index in [9.17, 15) is 9.59 Å². The SMILES string of the molecule is CCCO[C@@H](C)C(=O)OC1(C(=O)Cl)C=CC(c2ccccc2)=CC1. The van der Waals surface area contributed by atoms with Crippen LogP contribution >= 0.6 is 11.6 Å². The van der Waals surface area contributed by atoms with Crippen molar-refractivity contribution >= 4 is 28.4 Å². The van der Waals surface area contributed by atoms with Crippen molar-refractivity contribution in [3.8, 4) is 0 Å². The molecule has 0 saturated heterocycles.